The fourth-order valence-electron chi connectivity index (χ4n) is 16.0. The molecule has 424 valence electrons. The van der Waals surface area contributed by atoms with Gasteiger partial charge in [0.05, 0.1) is 0 Å². The number of hydrogen-bond acceptors (Lipinski definition) is 3. The van der Waals surface area contributed by atoms with E-state index < -0.39 is 0 Å². The molecule has 0 saturated carbocycles. The highest BCUT2D eigenvalue weighted by atomic mass is 15.2. The molecule has 0 N–H and O–H groups in total. The first-order valence-electron chi connectivity index (χ1n) is 31.2. The average Bonchev–Trinajstić information content (AvgIpc) is 1.14. The largest absolute Gasteiger partial charge is 0.311 e. The monoisotopic (exact) mass is 1090 g/mol. The van der Waals surface area contributed by atoms with Gasteiger partial charge < -0.3 is 14.7 Å². The highest BCUT2D eigenvalue weighted by Crippen LogP contribution is 2.57. The van der Waals surface area contributed by atoms with Gasteiger partial charge in [-0.1, -0.05) is 204 Å². The molecule has 3 nitrogen and oxygen atoms in total. The van der Waals surface area contributed by atoms with Gasteiger partial charge in [0.2, 0.25) is 0 Å². The van der Waals surface area contributed by atoms with E-state index in [-0.39, 0.29) is 50.0 Å². The Morgan fingerprint density at radius 3 is 1.45 bits per heavy atom. The van der Waals surface area contributed by atoms with E-state index in [1.165, 1.54) is 117 Å². The summed E-state index contributed by atoms with van der Waals surface area (Å²) in [5.41, 5.74) is 31.7. The van der Waals surface area contributed by atoms with Crippen molar-refractivity contribution in [2.45, 2.75) is 201 Å². The molecule has 4 heteroatoms. The van der Waals surface area contributed by atoms with E-state index in [0.29, 0.717) is 0 Å². The van der Waals surface area contributed by atoms with Crippen LogP contribution in [0.25, 0.3) is 11.1 Å². The van der Waals surface area contributed by atoms with E-state index in [9.17, 15) is 0 Å². The number of nitrogens with zero attached hydrogens (tertiary/aromatic N) is 3. The molecule has 0 amide bonds. The molecule has 8 aromatic carbocycles. The minimum absolute atomic E-state index is 0.0104. The number of aryl methyl sites for hydroxylation is 1. The van der Waals surface area contributed by atoms with Crippen molar-refractivity contribution in [2.75, 3.05) is 14.7 Å². The lowest BCUT2D eigenvalue weighted by Crippen LogP contribution is -2.62. The minimum Gasteiger partial charge on any atom is -0.311 e. The molecule has 13 rings (SSSR count). The summed E-state index contributed by atoms with van der Waals surface area (Å²) in [5, 5.41) is 0. The first kappa shape index (κ1) is 55.4. The Hall–Kier alpha value is -6.78. The molecule has 0 fully saturated rings. The molecule has 0 bridgehead atoms. The summed E-state index contributed by atoms with van der Waals surface area (Å²) in [7, 11) is 0. The van der Waals surface area contributed by atoms with Crippen LogP contribution in [0.1, 0.15) is 206 Å². The van der Waals surface area contributed by atoms with Gasteiger partial charge in [-0.2, -0.15) is 0 Å². The molecule has 0 aromatic heterocycles. The fraction of sp³-hybridized carbons (Fsp3) is 0.392. The van der Waals surface area contributed by atoms with E-state index in [1.54, 1.807) is 0 Å². The number of hydrogen-bond donors (Lipinski definition) is 0. The zero-order valence-corrected chi connectivity index (χ0v) is 53.9. The maximum Gasteiger partial charge on any atom is 0.252 e. The molecule has 0 unspecified atom stereocenters. The third-order valence-electron chi connectivity index (χ3n) is 20.9. The summed E-state index contributed by atoms with van der Waals surface area (Å²) in [6.45, 7) is 48.1. The van der Waals surface area contributed by atoms with Crippen LogP contribution in [0.4, 0.5) is 51.2 Å². The predicted molar refractivity (Wildman–Crippen MR) is 360 cm³/mol. The lowest BCUT2D eigenvalue weighted by atomic mass is 9.33. The highest BCUT2D eigenvalue weighted by Gasteiger charge is 2.49. The van der Waals surface area contributed by atoms with Crippen molar-refractivity contribution < 1.29 is 0 Å². The molecule has 2 aliphatic heterocycles. The second-order valence-electron chi connectivity index (χ2n) is 32.2. The summed E-state index contributed by atoms with van der Waals surface area (Å²) >= 11 is 0. The highest BCUT2D eigenvalue weighted by molar-refractivity contribution is 7.00. The molecule has 5 aliphatic rings. The van der Waals surface area contributed by atoms with Crippen LogP contribution in [0.15, 0.2) is 146 Å². The number of fused-ring (bicyclic) bond motifs is 9. The number of benzene rings is 8. The SMILES string of the molecule is Cc1cc2c(cc1N1c3cc4c(cc3B3c5ccc(N(c6ccc(C(C)(C)C)cc6)c6ccc(C(C)(C)C)cc6)cc5N(c5ccc6c(c5)-c5ccccc5C6(C)C)c5cc(C(C)(C)C)cc1c53)C(C)(C)CCC4(C)C)C(C)(C)CC2(C)C. The summed E-state index contributed by atoms with van der Waals surface area (Å²) in [6, 6.07) is 58.6. The maximum absolute atomic E-state index is 2.76. The van der Waals surface area contributed by atoms with Crippen LogP contribution in [-0.2, 0) is 43.3 Å². The van der Waals surface area contributed by atoms with E-state index in [4.69, 9.17) is 0 Å². The van der Waals surface area contributed by atoms with Gasteiger partial charge in [0, 0.05) is 56.6 Å². The zero-order chi connectivity index (χ0) is 59.3. The van der Waals surface area contributed by atoms with Crippen molar-refractivity contribution in [1.82, 2.24) is 0 Å². The van der Waals surface area contributed by atoms with Gasteiger partial charge in [0.15, 0.2) is 0 Å². The van der Waals surface area contributed by atoms with Gasteiger partial charge in [-0.15, -0.1) is 0 Å². The van der Waals surface area contributed by atoms with Gasteiger partial charge in [-0.3, -0.25) is 0 Å². The molecular formula is C79H90BN3. The van der Waals surface area contributed by atoms with E-state index >= 15 is 0 Å². The van der Waals surface area contributed by atoms with Crippen LogP contribution in [-0.4, -0.2) is 6.71 Å². The lowest BCUT2D eigenvalue weighted by Gasteiger charge is -2.48. The smallest absolute Gasteiger partial charge is 0.252 e. The van der Waals surface area contributed by atoms with Crippen molar-refractivity contribution in [3.05, 3.63) is 201 Å². The van der Waals surface area contributed by atoms with E-state index in [1.807, 2.05) is 0 Å². The minimum atomic E-state index is -0.169. The quantitative estimate of drug-likeness (QED) is 0.159. The van der Waals surface area contributed by atoms with Crippen molar-refractivity contribution >= 4 is 74.3 Å². The van der Waals surface area contributed by atoms with E-state index in [2.05, 4.69) is 299 Å². The Bertz CT molecular complexity index is 3930. The van der Waals surface area contributed by atoms with Gasteiger partial charge >= 0.3 is 0 Å². The Labute approximate surface area is 499 Å². The molecular weight excluding hydrogens is 1000 g/mol. The van der Waals surface area contributed by atoms with Gasteiger partial charge in [-0.25, -0.2) is 0 Å². The number of rotatable bonds is 5. The van der Waals surface area contributed by atoms with Crippen LogP contribution < -0.4 is 31.1 Å². The Balaban J connectivity index is 1.15. The maximum atomic E-state index is 2.76. The fourth-order valence-corrected chi connectivity index (χ4v) is 16.0. The first-order chi connectivity index (χ1) is 38.7. The standard InChI is InChI=1S/C79H90BN3/c1-48-39-60-63(78(17,18)47-77(60,15)16)45-66(48)83-68-46-62-61(75(11,12)37-38-76(62,13)14)44-65(68)80-64-36-34-55(81(52-29-25-49(26-30-52)72(2,3)4)53-31-27-50(28-32-53)73(5,6)7)43-67(64)82(69-40-51(74(8,9)10)41-70(83)71(69)80)54-33-35-59-57(42-54)56-23-21-22-24-58(56)79(59,19)20/h21-36,39-46H,37-38,47H2,1-20H3. The Morgan fingerprint density at radius 2 is 0.867 bits per heavy atom. The topological polar surface area (TPSA) is 9.72 Å². The van der Waals surface area contributed by atoms with E-state index in [0.717, 1.165) is 36.3 Å². The normalized spacial score (nSPS) is 18.1. The molecule has 0 radical (unpaired) electrons. The third kappa shape index (κ3) is 8.55. The van der Waals surface area contributed by atoms with Crippen molar-refractivity contribution in [2.24, 2.45) is 0 Å². The average molecular weight is 1090 g/mol. The molecule has 0 spiro atoms. The second kappa shape index (κ2) is 17.9. The Morgan fingerprint density at radius 1 is 0.386 bits per heavy atom. The van der Waals surface area contributed by atoms with Crippen LogP contribution in [0.5, 0.6) is 0 Å². The van der Waals surface area contributed by atoms with Crippen LogP contribution in [0.2, 0.25) is 0 Å². The molecule has 0 atom stereocenters. The predicted octanol–water partition coefficient (Wildman–Crippen LogP) is 20.1. The van der Waals surface area contributed by atoms with Crippen LogP contribution in [0.3, 0.4) is 0 Å². The van der Waals surface area contributed by atoms with Crippen LogP contribution >= 0.6 is 0 Å². The second-order valence-corrected chi connectivity index (χ2v) is 32.2. The summed E-state index contributed by atoms with van der Waals surface area (Å²) < 4.78 is 0. The van der Waals surface area contributed by atoms with Crippen LogP contribution in [0, 0.1) is 6.92 Å². The molecule has 8 aromatic rings. The molecule has 83 heavy (non-hydrogen) atoms. The summed E-state index contributed by atoms with van der Waals surface area (Å²) in [5.74, 6) is 0. The summed E-state index contributed by atoms with van der Waals surface area (Å²) in [4.78, 5) is 7.96. The van der Waals surface area contributed by atoms with Gasteiger partial charge in [0.25, 0.3) is 6.71 Å². The molecule has 0 saturated heterocycles. The van der Waals surface area contributed by atoms with Crippen molar-refractivity contribution in [3.63, 3.8) is 0 Å². The Kier molecular flexibility index (Phi) is 11.9. The van der Waals surface area contributed by atoms with Crippen molar-refractivity contribution in [1.29, 1.82) is 0 Å². The number of anilines is 9. The lowest BCUT2D eigenvalue weighted by molar-refractivity contribution is 0.332. The third-order valence-corrected chi connectivity index (χ3v) is 20.9. The molecule has 2 heterocycles. The molecule has 3 aliphatic carbocycles. The van der Waals surface area contributed by atoms with Gasteiger partial charge in [-0.05, 0) is 220 Å². The first-order valence-corrected chi connectivity index (χ1v) is 31.2. The van der Waals surface area contributed by atoms with Gasteiger partial charge in [0.1, 0.15) is 0 Å². The van der Waals surface area contributed by atoms with Crippen molar-refractivity contribution in [3.8, 4) is 11.1 Å². The zero-order valence-electron chi connectivity index (χ0n) is 53.9. The summed E-state index contributed by atoms with van der Waals surface area (Å²) in [6.07, 6.45) is 3.43.